The van der Waals surface area contributed by atoms with Crippen LogP contribution < -0.4 is 5.32 Å². The molecule has 0 spiro atoms. The number of morpholine rings is 1. The number of amides is 1. The first-order chi connectivity index (χ1) is 13.5. The number of nitrogens with one attached hydrogen (secondary N) is 1. The number of rotatable bonds is 7. The summed E-state index contributed by atoms with van der Waals surface area (Å²) in [6.07, 6.45) is 1.34. The van der Waals surface area contributed by atoms with Crippen molar-refractivity contribution in [2.75, 3.05) is 32.1 Å². The maximum Gasteiger partial charge on any atom is 0.244 e. The summed E-state index contributed by atoms with van der Waals surface area (Å²) in [5.74, 6) is 0.105. The van der Waals surface area contributed by atoms with Crippen LogP contribution in [0.2, 0.25) is 0 Å². The van der Waals surface area contributed by atoms with Crippen LogP contribution in [0.15, 0.2) is 58.6 Å². The molecule has 1 atom stereocenters. The van der Waals surface area contributed by atoms with Gasteiger partial charge in [0, 0.05) is 19.3 Å². The average Bonchev–Trinajstić information content (AvgIpc) is 2.74. The highest BCUT2D eigenvalue weighted by atomic mass is 32.2. The van der Waals surface area contributed by atoms with E-state index in [9.17, 15) is 13.2 Å². The van der Waals surface area contributed by atoms with Gasteiger partial charge in [0.15, 0.2) is 0 Å². The average molecular weight is 422 g/mol. The zero-order valence-corrected chi connectivity index (χ0v) is 17.2. The quantitative estimate of drug-likeness (QED) is 0.689. The van der Waals surface area contributed by atoms with E-state index in [2.05, 4.69) is 10.3 Å². The topological polar surface area (TPSA) is 88.6 Å². The van der Waals surface area contributed by atoms with Crippen LogP contribution in [0.1, 0.15) is 18.5 Å². The molecule has 1 N–H and O–H groups in total. The summed E-state index contributed by atoms with van der Waals surface area (Å²) in [6.45, 7) is 3.42. The standard InChI is InChI=1S/C19H23N3O4S2/c1-15(16-5-3-2-4-6-16)21-18(23)14-27-19-8-7-17(13-20-19)28(24,25)22-9-11-26-12-10-22/h2-8,13,15H,9-12,14H2,1H3,(H,21,23)/t15-/m0/s1. The normalized spacial score (nSPS) is 16.5. The SMILES string of the molecule is C[C@H](NC(=O)CSc1ccc(S(=O)(=O)N2CCOCC2)cn1)c1ccccc1. The molecular weight excluding hydrogens is 398 g/mol. The Morgan fingerprint density at radius 1 is 1.21 bits per heavy atom. The van der Waals surface area contributed by atoms with Crippen LogP contribution in [0.4, 0.5) is 0 Å². The van der Waals surface area contributed by atoms with Gasteiger partial charge in [-0.3, -0.25) is 4.79 Å². The first-order valence-electron chi connectivity index (χ1n) is 8.98. The fraction of sp³-hybridized carbons (Fsp3) is 0.368. The van der Waals surface area contributed by atoms with Gasteiger partial charge in [-0.1, -0.05) is 42.1 Å². The molecule has 0 radical (unpaired) electrons. The fourth-order valence-corrected chi connectivity index (χ4v) is 4.80. The molecular formula is C19H23N3O4S2. The van der Waals surface area contributed by atoms with Crippen molar-refractivity contribution in [3.8, 4) is 0 Å². The van der Waals surface area contributed by atoms with Gasteiger partial charge >= 0.3 is 0 Å². The zero-order valence-electron chi connectivity index (χ0n) is 15.6. The first-order valence-corrected chi connectivity index (χ1v) is 11.4. The van der Waals surface area contributed by atoms with Crippen molar-refractivity contribution in [1.29, 1.82) is 0 Å². The van der Waals surface area contributed by atoms with Crippen molar-refractivity contribution < 1.29 is 17.9 Å². The van der Waals surface area contributed by atoms with E-state index in [1.165, 1.54) is 28.3 Å². The van der Waals surface area contributed by atoms with Crippen LogP contribution in [0.3, 0.4) is 0 Å². The molecule has 1 aromatic carbocycles. The van der Waals surface area contributed by atoms with Crippen molar-refractivity contribution in [2.24, 2.45) is 0 Å². The lowest BCUT2D eigenvalue weighted by molar-refractivity contribution is -0.119. The summed E-state index contributed by atoms with van der Waals surface area (Å²) >= 11 is 1.27. The van der Waals surface area contributed by atoms with Gasteiger partial charge in [0.2, 0.25) is 15.9 Å². The third-order valence-corrected chi connectivity index (χ3v) is 7.17. The van der Waals surface area contributed by atoms with E-state index < -0.39 is 10.0 Å². The molecule has 0 unspecified atom stereocenters. The van der Waals surface area contributed by atoms with Gasteiger partial charge in [-0.25, -0.2) is 13.4 Å². The number of hydrogen-bond donors (Lipinski definition) is 1. The monoisotopic (exact) mass is 421 g/mol. The van der Waals surface area contributed by atoms with Gasteiger partial charge in [0.25, 0.3) is 0 Å². The molecule has 0 aliphatic carbocycles. The van der Waals surface area contributed by atoms with Crippen LogP contribution in [0, 0.1) is 0 Å². The molecule has 150 valence electrons. The third-order valence-electron chi connectivity index (χ3n) is 4.35. The summed E-state index contributed by atoms with van der Waals surface area (Å²) in [5, 5.41) is 3.54. The highest BCUT2D eigenvalue weighted by molar-refractivity contribution is 7.99. The van der Waals surface area contributed by atoms with Crippen LogP contribution >= 0.6 is 11.8 Å². The minimum absolute atomic E-state index is 0.0803. The zero-order chi connectivity index (χ0) is 20.0. The second-order valence-corrected chi connectivity index (χ2v) is 9.27. The minimum Gasteiger partial charge on any atom is -0.379 e. The lowest BCUT2D eigenvalue weighted by atomic mass is 10.1. The maximum absolute atomic E-state index is 12.6. The van der Waals surface area contributed by atoms with Crippen LogP contribution in [-0.2, 0) is 19.6 Å². The minimum atomic E-state index is -3.55. The highest BCUT2D eigenvalue weighted by Gasteiger charge is 2.26. The number of thioether (sulfide) groups is 1. The molecule has 1 aliphatic rings. The van der Waals surface area contributed by atoms with Crippen molar-refractivity contribution in [3.05, 3.63) is 54.2 Å². The van der Waals surface area contributed by atoms with E-state index in [-0.39, 0.29) is 22.6 Å². The Balaban J connectivity index is 1.53. The second kappa shape index (κ2) is 9.51. The molecule has 3 rings (SSSR count). The first kappa shape index (κ1) is 20.8. The van der Waals surface area contributed by atoms with E-state index in [0.717, 1.165) is 5.56 Å². The Kier molecular flexibility index (Phi) is 7.06. The molecule has 2 aromatic rings. The number of carbonyl (C=O) groups excluding carboxylic acids is 1. The van der Waals surface area contributed by atoms with E-state index >= 15 is 0 Å². The lowest BCUT2D eigenvalue weighted by Gasteiger charge is -2.25. The molecule has 1 fully saturated rings. The number of aromatic nitrogens is 1. The van der Waals surface area contributed by atoms with Gasteiger partial charge in [-0.2, -0.15) is 4.31 Å². The largest absolute Gasteiger partial charge is 0.379 e. The van der Waals surface area contributed by atoms with Crippen LogP contribution in [0.25, 0.3) is 0 Å². The van der Waals surface area contributed by atoms with Gasteiger partial charge < -0.3 is 10.1 Å². The molecule has 0 bridgehead atoms. The Labute approximate surface area is 169 Å². The Morgan fingerprint density at radius 3 is 2.57 bits per heavy atom. The van der Waals surface area contributed by atoms with Crippen LogP contribution in [-0.4, -0.2) is 55.7 Å². The Hall–Kier alpha value is -1.94. The Morgan fingerprint density at radius 2 is 1.93 bits per heavy atom. The van der Waals surface area contributed by atoms with Crippen molar-refractivity contribution in [1.82, 2.24) is 14.6 Å². The predicted octanol–water partition coefficient (Wildman–Crippen LogP) is 2.07. The number of ether oxygens (including phenoxy) is 1. The van der Waals surface area contributed by atoms with E-state index in [4.69, 9.17) is 4.74 Å². The van der Waals surface area contributed by atoms with Gasteiger partial charge in [-0.05, 0) is 24.6 Å². The summed E-state index contributed by atoms with van der Waals surface area (Å²) in [6, 6.07) is 12.8. The van der Waals surface area contributed by atoms with Crippen LogP contribution in [0.5, 0.6) is 0 Å². The molecule has 9 heteroatoms. The molecule has 2 heterocycles. The third kappa shape index (κ3) is 5.32. The summed E-state index contributed by atoms with van der Waals surface area (Å²) in [5.41, 5.74) is 1.04. The molecule has 0 saturated carbocycles. The Bertz CT molecular complexity index is 883. The van der Waals surface area contributed by atoms with E-state index in [1.54, 1.807) is 6.07 Å². The number of sulfonamides is 1. The molecule has 28 heavy (non-hydrogen) atoms. The van der Waals surface area contributed by atoms with Crippen molar-refractivity contribution in [2.45, 2.75) is 22.9 Å². The molecule has 1 saturated heterocycles. The summed E-state index contributed by atoms with van der Waals surface area (Å²) in [7, 11) is -3.55. The smallest absolute Gasteiger partial charge is 0.244 e. The van der Waals surface area contributed by atoms with Gasteiger partial charge in [0.1, 0.15) is 4.90 Å². The molecule has 7 nitrogen and oxygen atoms in total. The van der Waals surface area contributed by atoms with Crippen molar-refractivity contribution >= 4 is 27.7 Å². The van der Waals surface area contributed by atoms with E-state index in [0.29, 0.717) is 31.3 Å². The second-order valence-electron chi connectivity index (χ2n) is 6.34. The number of pyridine rings is 1. The molecule has 1 aromatic heterocycles. The predicted molar refractivity (Wildman–Crippen MR) is 108 cm³/mol. The molecule has 1 aliphatic heterocycles. The number of carbonyl (C=O) groups is 1. The van der Waals surface area contributed by atoms with Crippen molar-refractivity contribution in [3.63, 3.8) is 0 Å². The summed E-state index contributed by atoms with van der Waals surface area (Å²) < 4.78 is 31.8. The number of nitrogens with zero attached hydrogens (tertiary/aromatic N) is 2. The van der Waals surface area contributed by atoms with Gasteiger partial charge in [-0.15, -0.1) is 0 Å². The maximum atomic E-state index is 12.6. The number of benzene rings is 1. The fourth-order valence-electron chi connectivity index (χ4n) is 2.79. The summed E-state index contributed by atoms with van der Waals surface area (Å²) in [4.78, 5) is 16.5. The molecule has 1 amide bonds. The number of hydrogen-bond acceptors (Lipinski definition) is 6. The lowest BCUT2D eigenvalue weighted by Crippen LogP contribution is -2.40. The van der Waals surface area contributed by atoms with Gasteiger partial charge in [0.05, 0.1) is 30.0 Å². The highest BCUT2D eigenvalue weighted by Crippen LogP contribution is 2.21. The van der Waals surface area contributed by atoms with E-state index in [1.807, 2.05) is 37.3 Å².